The van der Waals surface area contributed by atoms with Crippen molar-refractivity contribution >= 4 is 35.6 Å². The van der Waals surface area contributed by atoms with Crippen molar-refractivity contribution in [1.29, 1.82) is 0 Å². The van der Waals surface area contributed by atoms with Crippen LogP contribution in [0.2, 0.25) is 0 Å². The highest BCUT2D eigenvalue weighted by Crippen LogP contribution is 2.09. The third-order valence-electron chi connectivity index (χ3n) is 5.40. The van der Waals surface area contributed by atoms with E-state index >= 15 is 0 Å². The van der Waals surface area contributed by atoms with E-state index in [-0.39, 0.29) is 19.3 Å². The minimum atomic E-state index is -1.49. The molecule has 0 aliphatic heterocycles. The number of carbonyl (C=O) groups excluding carboxylic acids is 4. The second kappa shape index (κ2) is 16.4. The van der Waals surface area contributed by atoms with Gasteiger partial charge in [0.2, 0.25) is 23.6 Å². The van der Waals surface area contributed by atoms with Gasteiger partial charge in [-0.15, -0.1) is 0 Å². The first-order valence-corrected chi connectivity index (χ1v) is 11.4. The van der Waals surface area contributed by atoms with Gasteiger partial charge >= 0.3 is 11.9 Å². The highest BCUT2D eigenvalue weighted by molar-refractivity contribution is 5.96. The first-order chi connectivity index (χ1) is 16.3. The van der Waals surface area contributed by atoms with Gasteiger partial charge in [0.1, 0.15) is 18.1 Å². The number of primary amides is 1. The number of nitrogens with one attached hydrogen (secondary N) is 3. The Kier molecular flexibility index (Phi) is 14.9. The zero-order valence-corrected chi connectivity index (χ0v) is 20.1. The highest BCUT2D eigenvalue weighted by Gasteiger charge is 2.32. The number of aliphatic carboxylic acids is 2. The summed E-state index contributed by atoms with van der Waals surface area (Å²) in [6.45, 7) is 3.70. The molecule has 0 aromatic rings. The average molecular weight is 503 g/mol. The smallest absolute Gasteiger partial charge is 0.326 e. The fourth-order valence-electron chi connectivity index (χ4n) is 3.07. The molecule has 35 heavy (non-hydrogen) atoms. The van der Waals surface area contributed by atoms with Gasteiger partial charge < -0.3 is 43.4 Å². The Morgan fingerprint density at radius 2 is 1.43 bits per heavy atom. The first kappa shape index (κ1) is 31.7. The second-order valence-corrected chi connectivity index (χ2v) is 8.33. The van der Waals surface area contributed by atoms with Gasteiger partial charge in [-0.1, -0.05) is 20.3 Å². The van der Waals surface area contributed by atoms with Gasteiger partial charge in [0.15, 0.2) is 0 Å². The molecule has 0 saturated carbocycles. The summed E-state index contributed by atoms with van der Waals surface area (Å²) >= 11 is 0. The number of rotatable bonds is 18. The van der Waals surface area contributed by atoms with Crippen molar-refractivity contribution in [2.24, 2.45) is 23.1 Å². The van der Waals surface area contributed by atoms with Crippen molar-refractivity contribution in [2.75, 3.05) is 6.54 Å². The lowest BCUT2D eigenvalue weighted by molar-refractivity contribution is -0.144. The van der Waals surface area contributed by atoms with E-state index in [0.29, 0.717) is 25.8 Å². The van der Waals surface area contributed by atoms with Crippen molar-refractivity contribution < 1.29 is 39.0 Å². The molecule has 0 aromatic carbocycles. The normalized spacial score (nSPS) is 15.1. The average Bonchev–Trinajstić information content (AvgIpc) is 2.78. The van der Waals surface area contributed by atoms with Crippen LogP contribution in [-0.2, 0) is 28.8 Å². The molecule has 5 unspecified atom stereocenters. The molecule has 0 heterocycles. The maximum absolute atomic E-state index is 12.9. The lowest BCUT2D eigenvalue weighted by atomic mass is 9.98. The summed E-state index contributed by atoms with van der Waals surface area (Å²) in [6.07, 6.45) is 0.424. The van der Waals surface area contributed by atoms with E-state index in [1.165, 1.54) is 0 Å². The number of carboxylic acids is 2. The number of carboxylic acid groups (broad SMARTS) is 2. The fraction of sp³-hybridized carbons (Fsp3) is 0.714. The van der Waals surface area contributed by atoms with E-state index in [1.54, 1.807) is 13.8 Å². The first-order valence-electron chi connectivity index (χ1n) is 11.4. The SMILES string of the molecule is CCC(C)C(NC(=O)C(CC(N)=O)NC(=O)C(CCCCN)NC(=O)C(N)CCC(=O)O)C(=O)O. The molecule has 0 rings (SSSR count). The Morgan fingerprint density at radius 1 is 0.857 bits per heavy atom. The molecule has 0 radical (unpaired) electrons. The fourth-order valence-corrected chi connectivity index (χ4v) is 3.07. The molecule has 14 nitrogen and oxygen atoms in total. The zero-order chi connectivity index (χ0) is 27.1. The third-order valence-corrected chi connectivity index (χ3v) is 5.40. The number of hydrogen-bond acceptors (Lipinski definition) is 8. The summed E-state index contributed by atoms with van der Waals surface area (Å²) < 4.78 is 0. The van der Waals surface area contributed by atoms with Crippen molar-refractivity contribution in [3.63, 3.8) is 0 Å². The van der Waals surface area contributed by atoms with E-state index in [9.17, 15) is 33.9 Å². The van der Waals surface area contributed by atoms with E-state index in [2.05, 4.69) is 16.0 Å². The molecule has 14 heteroatoms. The monoisotopic (exact) mass is 502 g/mol. The van der Waals surface area contributed by atoms with Gasteiger partial charge in [-0.3, -0.25) is 24.0 Å². The number of amides is 4. The summed E-state index contributed by atoms with van der Waals surface area (Å²) in [5, 5.41) is 25.3. The molecule has 4 amide bonds. The summed E-state index contributed by atoms with van der Waals surface area (Å²) in [5.41, 5.74) is 16.4. The molecule has 0 aliphatic rings. The summed E-state index contributed by atoms with van der Waals surface area (Å²) in [6, 6.07) is -5.10. The Bertz CT molecular complexity index is 762. The van der Waals surface area contributed by atoms with Crippen molar-refractivity contribution in [3.8, 4) is 0 Å². The van der Waals surface area contributed by atoms with Gasteiger partial charge in [0.25, 0.3) is 0 Å². The van der Waals surface area contributed by atoms with Crippen LogP contribution in [0.4, 0.5) is 0 Å². The predicted octanol–water partition coefficient (Wildman–Crippen LogP) is -2.23. The van der Waals surface area contributed by atoms with Gasteiger partial charge in [0, 0.05) is 6.42 Å². The number of hydrogen-bond donors (Lipinski definition) is 8. The maximum atomic E-state index is 12.9. The minimum Gasteiger partial charge on any atom is -0.481 e. The largest absolute Gasteiger partial charge is 0.481 e. The van der Waals surface area contributed by atoms with Crippen molar-refractivity contribution in [2.45, 2.75) is 83.0 Å². The van der Waals surface area contributed by atoms with E-state index in [1.807, 2.05) is 0 Å². The summed E-state index contributed by atoms with van der Waals surface area (Å²) in [7, 11) is 0. The molecule has 0 spiro atoms. The standard InChI is InChI=1S/C21H38N6O8/c1-3-11(2)17(21(34)35)27-20(33)14(10-15(24)28)26-19(32)13(6-4-5-9-22)25-18(31)12(23)7-8-16(29)30/h11-14,17H,3-10,22-23H2,1-2H3,(H2,24,28)(H,25,31)(H,26,32)(H,27,33)(H,29,30)(H,34,35). The Morgan fingerprint density at radius 3 is 1.91 bits per heavy atom. The highest BCUT2D eigenvalue weighted by atomic mass is 16.4. The van der Waals surface area contributed by atoms with Crippen molar-refractivity contribution in [3.05, 3.63) is 0 Å². The van der Waals surface area contributed by atoms with Gasteiger partial charge in [-0.25, -0.2) is 4.79 Å². The molecule has 200 valence electrons. The number of nitrogens with two attached hydrogens (primary N) is 3. The van der Waals surface area contributed by atoms with Gasteiger partial charge in [0.05, 0.1) is 12.5 Å². The van der Waals surface area contributed by atoms with Gasteiger partial charge in [-0.2, -0.15) is 0 Å². The van der Waals surface area contributed by atoms with E-state index < -0.39 is 72.1 Å². The van der Waals surface area contributed by atoms with E-state index in [4.69, 9.17) is 22.3 Å². The molecule has 0 fully saturated rings. The molecular weight excluding hydrogens is 464 g/mol. The zero-order valence-electron chi connectivity index (χ0n) is 20.1. The molecule has 11 N–H and O–H groups in total. The van der Waals surface area contributed by atoms with Crippen molar-refractivity contribution in [1.82, 2.24) is 16.0 Å². The molecule has 0 saturated heterocycles. The summed E-state index contributed by atoms with van der Waals surface area (Å²) in [5.74, 6) is -6.27. The van der Waals surface area contributed by atoms with Crippen LogP contribution in [0.1, 0.15) is 58.8 Å². The van der Waals surface area contributed by atoms with E-state index in [0.717, 1.165) is 0 Å². The lowest BCUT2D eigenvalue weighted by Crippen LogP contribution is -2.58. The maximum Gasteiger partial charge on any atom is 0.326 e. The Balaban J connectivity index is 5.55. The van der Waals surface area contributed by atoms with Crippen LogP contribution < -0.4 is 33.2 Å². The predicted molar refractivity (Wildman–Crippen MR) is 124 cm³/mol. The molecule has 0 aliphatic carbocycles. The molecule has 0 aromatic heterocycles. The van der Waals surface area contributed by atoms with Crippen LogP contribution in [0.15, 0.2) is 0 Å². The van der Waals surface area contributed by atoms with Crippen LogP contribution >= 0.6 is 0 Å². The quantitative estimate of drug-likeness (QED) is 0.0935. The van der Waals surface area contributed by atoms with Crippen LogP contribution in [-0.4, -0.2) is 76.5 Å². The topological polar surface area (TPSA) is 257 Å². The Hall–Kier alpha value is -3.26. The Labute approximate surface area is 203 Å². The third kappa shape index (κ3) is 12.7. The van der Waals surface area contributed by atoms with Crippen LogP contribution in [0, 0.1) is 5.92 Å². The van der Waals surface area contributed by atoms with Crippen LogP contribution in [0.5, 0.6) is 0 Å². The molecule has 5 atom stereocenters. The molecular formula is C21H38N6O8. The lowest BCUT2D eigenvalue weighted by Gasteiger charge is -2.26. The molecule has 0 bridgehead atoms. The van der Waals surface area contributed by atoms with Gasteiger partial charge in [-0.05, 0) is 38.1 Å². The minimum absolute atomic E-state index is 0.121. The summed E-state index contributed by atoms with van der Waals surface area (Å²) in [4.78, 5) is 71.8. The van der Waals surface area contributed by atoms with Crippen LogP contribution in [0.25, 0.3) is 0 Å². The second-order valence-electron chi connectivity index (χ2n) is 8.33. The number of carbonyl (C=O) groups is 6. The number of unbranched alkanes of at least 4 members (excludes halogenated alkanes) is 1. The van der Waals surface area contributed by atoms with Crippen LogP contribution in [0.3, 0.4) is 0 Å².